The van der Waals surface area contributed by atoms with Gasteiger partial charge < -0.3 is 19.7 Å². The topological polar surface area (TPSA) is 79.5 Å². The van der Waals surface area contributed by atoms with Gasteiger partial charge in [0, 0.05) is 18.1 Å². The number of H-pyrrole nitrogens is 1. The zero-order chi connectivity index (χ0) is 19.2. The lowest BCUT2D eigenvalue weighted by Crippen LogP contribution is -2.30. The standard InChI is InChI=1S/C21H28N4O3/c26-21(6-2-5-11-25-9-3-1-4-10-25)22-20-15-17(23-24-20)16-7-8-18-19(14-16)28-13-12-27-18/h7-8,14-15H,1-6,9-13H2,(H2,22,23,24,26). The van der Waals surface area contributed by atoms with Crippen molar-refractivity contribution in [1.82, 2.24) is 15.1 Å². The van der Waals surface area contributed by atoms with Gasteiger partial charge in [-0.05, 0) is 63.5 Å². The first kappa shape index (κ1) is 18.8. The third-order valence-corrected chi connectivity index (χ3v) is 5.27. The Morgan fingerprint density at radius 3 is 2.75 bits per heavy atom. The summed E-state index contributed by atoms with van der Waals surface area (Å²) < 4.78 is 11.2. The largest absolute Gasteiger partial charge is 0.486 e. The lowest BCUT2D eigenvalue weighted by atomic mass is 10.1. The van der Waals surface area contributed by atoms with Crippen molar-refractivity contribution < 1.29 is 14.3 Å². The summed E-state index contributed by atoms with van der Waals surface area (Å²) in [7, 11) is 0. The molecule has 2 aliphatic heterocycles. The highest BCUT2D eigenvalue weighted by atomic mass is 16.6. The highest BCUT2D eigenvalue weighted by Crippen LogP contribution is 2.34. The van der Waals surface area contributed by atoms with Gasteiger partial charge in [-0.15, -0.1) is 0 Å². The van der Waals surface area contributed by atoms with E-state index in [1.165, 1.54) is 32.4 Å². The zero-order valence-electron chi connectivity index (χ0n) is 16.2. The molecule has 28 heavy (non-hydrogen) atoms. The Morgan fingerprint density at radius 2 is 1.89 bits per heavy atom. The van der Waals surface area contributed by atoms with Crippen LogP contribution in [0.1, 0.15) is 38.5 Å². The molecule has 7 heteroatoms. The van der Waals surface area contributed by atoms with E-state index in [-0.39, 0.29) is 5.91 Å². The number of rotatable bonds is 7. The predicted molar refractivity (Wildman–Crippen MR) is 108 cm³/mol. The number of amides is 1. The number of carbonyl (C=O) groups excluding carboxylic acids is 1. The van der Waals surface area contributed by atoms with Crippen molar-refractivity contribution in [2.75, 3.05) is 38.2 Å². The Bertz CT molecular complexity index is 799. The molecular weight excluding hydrogens is 356 g/mol. The summed E-state index contributed by atoms with van der Waals surface area (Å²) in [6.45, 7) is 4.65. The maximum absolute atomic E-state index is 12.2. The van der Waals surface area contributed by atoms with Crippen LogP contribution in [-0.4, -0.2) is 53.9 Å². The molecule has 0 radical (unpaired) electrons. The molecular formula is C21H28N4O3. The first-order chi connectivity index (χ1) is 13.8. The summed E-state index contributed by atoms with van der Waals surface area (Å²) in [5.74, 6) is 2.12. The Balaban J connectivity index is 1.24. The third kappa shape index (κ3) is 4.84. The fourth-order valence-corrected chi connectivity index (χ4v) is 3.75. The number of carbonyl (C=O) groups is 1. The molecule has 2 aromatic rings. The van der Waals surface area contributed by atoms with Gasteiger partial charge in [-0.2, -0.15) is 5.10 Å². The Hall–Kier alpha value is -2.54. The number of ether oxygens (including phenoxy) is 2. The fourth-order valence-electron chi connectivity index (χ4n) is 3.75. The first-order valence-electron chi connectivity index (χ1n) is 10.3. The number of nitrogens with zero attached hydrogens (tertiary/aromatic N) is 2. The van der Waals surface area contributed by atoms with Gasteiger partial charge in [-0.3, -0.25) is 9.89 Å². The number of hydrogen-bond acceptors (Lipinski definition) is 5. The molecule has 0 atom stereocenters. The van der Waals surface area contributed by atoms with Crippen molar-refractivity contribution in [2.24, 2.45) is 0 Å². The number of hydrogen-bond donors (Lipinski definition) is 2. The summed E-state index contributed by atoms with van der Waals surface area (Å²) in [4.78, 5) is 14.7. The average Bonchev–Trinajstić information content (AvgIpc) is 3.20. The van der Waals surface area contributed by atoms with Gasteiger partial charge in [0.25, 0.3) is 0 Å². The number of aromatic nitrogens is 2. The van der Waals surface area contributed by atoms with Crippen LogP contribution in [0.4, 0.5) is 5.82 Å². The van der Waals surface area contributed by atoms with E-state index in [9.17, 15) is 4.79 Å². The van der Waals surface area contributed by atoms with Crippen molar-refractivity contribution in [3.05, 3.63) is 24.3 Å². The van der Waals surface area contributed by atoms with Crippen LogP contribution >= 0.6 is 0 Å². The highest BCUT2D eigenvalue weighted by molar-refractivity contribution is 5.90. The lowest BCUT2D eigenvalue weighted by molar-refractivity contribution is -0.116. The molecule has 150 valence electrons. The van der Waals surface area contributed by atoms with E-state index in [1.54, 1.807) is 0 Å². The van der Waals surface area contributed by atoms with Crippen LogP contribution in [0.3, 0.4) is 0 Å². The minimum absolute atomic E-state index is 0.0241. The van der Waals surface area contributed by atoms with Crippen molar-refractivity contribution in [2.45, 2.75) is 38.5 Å². The molecule has 1 aromatic heterocycles. The summed E-state index contributed by atoms with van der Waals surface area (Å²) in [6.07, 6.45) is 6.49. The number of fused-ring (bicyclic) bond motifs is 1. The molecule has 7 nitrogen and oxygen atoms in total. The summed E-state index contributed by atoms with van der Waals surface area (Å²) in [6, 6.07) is 7.59. The number of unbranched alkanes of at least 4 members (excludes halogenated alkanes) is 1. The highest BCUT2D eigenvalue weighted by Gasteiger charge is 2.14. The van der Waals surface area contributed by atoms with E-state index in [0.29, 0.717) is 25.5 Å². The van der Waals surface area contributed by atoms with Gasteiger partial charge in [0.1, 0.15) is 19.0 Å². The van der Waals surface area contributed by atoms with Crippen LogP contribution in [-0.2, 0) is 4.79 Å². The van der Waals surface area contributed by atoms with E-state index < -0.39 is 0 Å². The summed E-state index contributed by atoms with van der Waals surface area (Å²) in [5, 5.41) is 10.1. The third-order valence-electron chi connectivity index (χ3n) is 5.27. The molecule has 2 N–H and O–H groups in total. The van der Waals surface area contributed by atoms with Crippen molar-refractivity contribution in [1.29, 1.82) is 0 Å². The van der Waals surface area contributed by atoms with Crippen LogP contribution in [0.15, 0.2) is 24.3 Å². The SMILES string of the molecule is O=C(CCCCN1CCCCC1)Nc1cc(-c2ccc3c(c2)OCCO3)n[nH]1. The number of likely N-dealkylation sites (tertiary alicyclic amines) is 1. The van der Waals surface area contributed by atoms with E-state index in [0.717, 1.165) is 42.1 Å². The molecule has 0 aliphatic carbocycles. The molecule has 3 heterocycles. The molecule has 1 aromatic carbocycles. The Labute approximate surface area is 165 Å². The van der Waals surface area contributed by atoms with Gasteiger partial charge in [-0.1, -0.05) is 6.42 Å². The molecule has 4 rings (SSSR count). The van der Waals surface area contributed by atoms with Gasteiger partial charge in [0.15, 0.2) is 11.5 Å². The molecule has 0 spiro atoms. The van der Waals surface area contributed by atoms with Crippen molar-refractivity contribution in [3.63, 3.8) is 0 Å². The number of nitrogens with one attached hydrogen (secondary N) is 2. The van der Waals surface area contributed by atoms with E-state index >= 15 is 0 Å². The summed E-state index contributed by atoms with van der Waals surface area (Å²) in [5.41, 5.74) is 1.68. The minimum atomic E-state index is 0.0241. The molecule has 1 saturated heterocycles. The van der Waals surface area contributed by atoms with Crippen LogP contribution in [0, 0.1) is 0 Å². The molecule has 1 fully saturated rings. The van der Waals surface area contributed by atoms with E-state index in [2.05, 4.69) is 20.4 Å². The van der Waals surface area contributed by atoms with Crippen LogP contribution < -0.4 is 14.8 Å². The monoisotopic (exact) mass is 384 g/mol. The smallest absolute Gasteiger partial charge is 0.225 e. The van der Waals surface area contributed by atoms with Crippen molar-refractivity contribution >= 4 is 11.7 Å². The zero-order valence-corrected chi connectivity index (χ0v) is 16.2. The number of aromatic amines is 1. The van der Waals surface area contributed by atoms with E-state index in [4.69, 9.17) is 9.47 Å². The van der Waals surface area contributed by atoms with Crippen LogP contribution in [0.2, 0.25) is 0 Å². The fraction of sp³-hybridized carbons (Fsp3) is 0.524. The minimum Gasteiger partial charge on any atom is -0.486 e. The van der Waals surface area contributed by atoms with Gasteiger partial charge in [0.2, 0.25) is 5.91 Å². The number of anilines is 1. The maximum atomic E-state index is 12.2. The molecule has 0 bridgehead atoms. The van der Waals surface area contributed by atoms with E-state index in [1.807, 2.05) is 24.3 Å². The molecule has 1 amide bonds. The quantitative estimate of drug-likeness (QED) is 0.715. The van der Waals surface area contributed by atoms with Gasteiger partial charge >= 0.3 is 0 Å². The average molecular weight is 384 g/mol. The summed E-state index contributed by atoms with van der Waals surface area (Å²) >= 11 is 0. The maximum Gasteiger partial charge on any atom is 0.225 e. The van der Waals surface area contributed by atoms with Crippen LogP contribution in [0.25, 0.3) is 11.3 Å². The second kappa shape index (κ2) is 9.10. The van der Waals surface area contributed by atoms with Crippen LogP contribution in [0.5, 0.6) is 11.5 Å². The normalized spacial score (nSPS) is 16.7. The molecule has 0 unspecified atom stereocenters. The second-order valence-electron chi connectivity index (χ2n) is 7.43. The van der Waals surface area contributed by atoms with Gasteiger partial charge in [0.05, 0.1) is 5.69 Å². The molecule has 0 saturated carbocycles. The predicted octanol–water partition coefficient (Wildman–Crippen LogP) is 3.44. The second-order valence-corrected chi connectivity index (χ2v) is 7.43. The first-order valence-corrected chi connectivity index (χ1v) is 10.3. The Morgan fingerprint density at radius 1 is 1.07 bits per heavy atom. The number of benzene rings is 1. The van der Waals surface area contributed by atoms with Gasteiger partial charge in [-0.25, -0.2) is 0 Å². The lowest BCUT2D eigenvalue weighted by Gasteiger charge is -2.26. The van der Waals surface area contributed by atoms with Crippen molar-refractivity contribution in [3.8, 4) is 22.8 Å². The Kier molecular flexibility index (Phi) is 6.11. The molecule has 2 aliphatic rings. The number of piperidine rings is 1.